The third-order valence-corrected chi connectivity index (χ3v) is 1.68. The van der Waals surface area contributed by atoms with Crippen LogP contribution in [0.15, 0.2) is 11.6 Å². The summed E-state index contributed by atoms with van der Waals surface area (Å²) in [6.07, 6.45) is 1.10. The molecule has 6 heteroatoms. The van der Waals surface area contributed by atoms with Gasteiger partial charge in [-0.2, -0.15) is 25.3 Å². The minimum absolute atomic E-state index is 0.209. The van der Waals surface area contributed by atoms with Crippen LogP contribution >= 0.6 is 25.3 Å². The van der Waals surface area contributed by atoms with E-state index in [2.05, 4.69) is 25.3 Å². The third-order valence-electron chi connectivity index (χ3n) is 1.32. The normalized spacial score (nSPS) is 11.0. The van der Waals surface area contributed by atoms with E-state index in [0.717, 1.165) is 6.08 Å². The minimum Gasteiger partial charge on any atom is -0.462 e. The number of esters is 2. The molecule has 0 fully saturated rings. The fourth-order valence-corrected chi connectivity index (χ4v) is 0.858. The Morgan fingerprint density at radius 1 is 1.13 bits per heavy atom. The predicted molar refractivity (Wildman–Crippen MR) is 63.4 cm³/mol. The van der Waals surface area contributed by atoms with Crippen LogP contribution in [0.5, 0.6) is 0 Å². The smallest absolute Gasteiger partial charge is 0.334 e. The molecule has 0 unspecified atom stereocenters. The second-order valence-electron chi connectivity index (χ2n) is 2.58. The number of carbonyl (C=O) groups is 2. The van der Waals surface area contributed by atoms with Crippen molar-refractivity contribution in [1.82, 2.24) is 0 Å². The summed E-state index contributed by atoms with van der Waals surface area (Å²) in [7, 11) is 0. The zero-order valence-electron chi connectivity index (χ0n) is 8.43. The molecule has 0 atom stereocenters. The average molecular weight is 250 g/mol. The molecule has 0 heterocycles. The molecule has 0 N–H and O–H groups in total. The molecular weight excluding hydrogens is 236 g/mol. The highest BCUT2D eigenvalue weighted by atomic mass is 32.1. The molecule has 15 heavy (non-hydrogen) atoms. The number of ether oxygens (including phenoxy) is 2. The molecule has 0 radical (unpaired) electrons. The van der Waals surface area contributed by atoms with Gasteiger partial charge in [0.1, 0.15) is 13.2 Å². The summed E-state index contributed by atoms with van der Waals surface area (Å²) in [5.41, 5.74) is 0.209. The lowest BCUT2D eigenvalue weighted by molar-refractivity contribution is -0.140. The standard InChI is InChI=1S/C9H14O4S2/c1-7(9(11)13-3-5-15)6-8(10)12-2-4-14/h6,14-15H,2-5H2,1H3. The maximum atomic E-state index is 11.2. The highest BCUT2D eigenvalue weighted by Crippen LogP contribution is 1.98. The molecule has 0 amide bonds. The summed E-state index contributed by atoms with van der Waals surface area (Å²) in [5.74, 6) is -0.206. The fraction of sp³-hybridized carbons (Fsp3) is 0.556. The Morgan fingerprint density at radius 2 is 1.67 bits per heavy atom. The molecule has 0 aliphatic rings. The number of thiol groups is 2. The van der Waals surface area contributed by atoms with Crippen molar-refractivity contribution in [2.75, 3.05) is 24.7 Å². The Hall–Kier alpha value is -0.620. The maximum absolute atomic E-state index is 11.2. The molecule has 0 saturated heterocycles. The molecule has 0 rings (SSSR count). The topological polar surface area (TPSA) is 52.6 Å². The fourth-order valence-electron chi connectivity index (χ4n) is 0.676. The zero-order valence-corrected chi connectivity index (χ0v) is 10.2. The molecule has 0 bridgehead atoms. The van der Waals surface area contributed by atoms with E-state index in [9.17, 15) is 9.59 Å². The molecule has 4 nitrogen and oxygen atoms in total. The third kappa shape index (κ3) is 7.33. The summed E-state index contributed by atoms with van der Waals surface area (Å²) >= 11 is 7.76. The first-order valence-corrected chi connectivity index (χ1v) is 5.62. The highest BCUT2D eigenvalue weighted by molar-refractivity contribution is 7.80. The van der Waals surface area contributed by atoms with Gasteiger partial charge in [-0.3, -0.25) is 0 Å². The van der Waals surface area contributed by atoms with E-state index in [1.165, 1.54) is 6.92 Å². The summed E-state index contributed by atoms with van der Waals surface area (Å²) in [4.78, 5) is 22.2. The van der Waals surface area contributed by atoms with Crippen LogP contribution in [0.25, 0.3) is 0 Å². The van der Waals surface area contributed by atoms with Gasteiger partial charge in [-0.1, -0.05) is 0 Å². The second-order valence-corrected chi connectivity index (χ2v) is 3.47. The van der Waals surface area contributed by atoms with Crippen molar-refractivity contribution in [3.05, 3.63) is 11.6 Å². The van der Waals surface area contributed by atoms with Gasteiger partial charge in [-0.25, -0.2) is 9.59 Å². The van der Waals surface area contributed by atoms with Gasteiger partial charge in [0.2, 0.25) is 0 Å². The first kappa shape index (κ1) is 14.4. The lowest BCUT2D eigenvalue weighted by atomic mass is 10.3. The van der Waals surface area contributed by atoms with Crippen LogP contribution in [0.3, 0.4) is 0 Å². The minimum atomic E-state index is -0.565. The molecule has 86 valence electrons. The van der Waals surface area contributed by atoms with Crippen molar-refractivity contribution < 1.29 is 19.1 Å². The summed E-state index contributed by atoms with van der Waals surface area (Å²) in [6.45, 7) is 1.93. The maximum Gasteiger partial charge on any atom is 0.334 e. The molecule has 0 spiro atoms. The number of hydrogen-bond donors (Lipinski definition) is 2. The Labute approximate surface area is 99.8 Å². The highest BCUT2D eigenvalue weighted by Gasteiger charge is 2.07. The van der Waals surface area contributed by atoms with Crippen molar-refractivity contribution in [2.24, 2.45) is 0 Å². The van der Waals surface area contributed by atoms with Crippen LogP contribution in [0.4, 0.5) is 0 Å². The SMILES string of the molecule is CC(=CC(=O)OCCS)C(=O)OCCS. The first-order valence-electron chi connectivity index (χ1n) is 4.35. The Bertz CT molecular complexity index is 250. The van der Waals surface area contributed by atoms with Gasteiger partial charge in [0.05, 0.1) is 0 Å². The van der Waals surface area contributed by atoms with Crippen molar-refractivity contribution in [3.8, 4) is 0 Å². The quantitative estimate of drug-likeness (QED) is 0.417. The molecule has 0 aromatic carbocycles. The van der Waals surface area contributed by atoms with Crippen molar-refractivity contribution in [1.29, 1.82) is 0 Å². The summed E-state index contributed by atoms with van der Waals surface area (Å²) in [6, 6.07) is 0. The van der Waals surface area contributed by atoms with Crippen LogP contribution in [-0.4, -0.2) is 36.7 Å². The van der Waals surface area contributed by atoms with Gasteiger partial charge in [0.15, 0.2) is 0 Å². The number of hydrogen-bond acceptors (Lipinski definition) is 6. The van der Waals surface area contributed by atoms with Gasteiger partial charge in [0.25, 0.3) is 0 Å². The molecule has 0 aromatic heterocycles. The van der Waals surface area contributed by atoms with E-state index < -0.39 is 11.9 Å². The van der Waals surface area contributed by atoms with E-state index in [1.54, 1.807) is 0 Å². The lowest BCUT2D eigenvalue weighted by Gasteiger charge is -2.02. The molecule has 0 aliphatic heterocycles. The molecular formula is C9H14O4S2. The van der Waals surface area contributed by atoms with E-state index >= 15 is 0 Å². The van der Waals surface area contributed by atoms with Crippen molar-refractivity contribution in [2.45, 2.75) is 6.92 Å². The number of carbonyl (C=O) groups excluding carboxylic acids is 2. The summed E-state index contributed by atoms with van der Waals surface area (Å²) in [5, 5.41) is 0. The van der Waals surface area contributed by atoms with Crippen LogP contribution in [-0.2, 0) is 19.1 Å². The van der Waals surface area contributed by atoms with Gasteiger partial charge in [0, 0.05) is 23.2 Å². The zero-order chi connectivity index (χ0) is 11.7. The Balaban J connectivity index is 4.05. The Morgan fingerprint density at radius 3 is 2.20 bits per heavy atom. The molecule has 0 aliphatic carbocycles. The summed E-state index contributed by atoms with van der Waals surface area (Å²) < 4.78 is 9.45. The average Bonchev–Trinajstić information content (AvgIpc) is 2.22. The van der Waals surface area contributed by atoms with Crippen molar-refractivity contribution in [3.63, 3.8) is 0 Å². The lowest BCUT2D eigenvalue weighted by Crippen LogP contribution is -2.11. The van der Waals surface area contributed by atoms with Crippen LogP contribution in [0, 0.1) is 0 Å². The van der Waals surface area contributed by atoms with E-state index in [1.807, 2.05) is 0 Å². The largest absolute Gasteiger partial charge is 0.462 e. The van der Waals surface area contributed by atoms with Gasteiger partial charge in [-0.15, -0.1) is 0 Å². The monoisotopic (exact) mass is 250 g/mol. The molecule has 0 saturated carbocycles. The predicted octanol–water partition coefficient (Wildman–Crippen LogP) is 0.879. The van der Waals surface area contributed by atoms with Gasteiger partial charge < -0.3 is 9.47 Å². The van der Waals surface area contributed by atoms with E-state index in [-0.39, 0.29) is 18.8 Å². The van der Waals surface area contributed by atoms with Crippen LogP contribution < -0.4 is 0 Å². The number of rotatable bonds is 6. The van der Waals surface area contributed by atoms with Gasteiger partial charge in [-0.05, 0) is 6.92 Å². The Kier molecular flexibility index (Phi) is 8.31. The van der Waals surface area contributed by atoms with Gasteiger partial charge >= 0.3 is 11.9 Å². The van der Waals surface area contributed by atoms with Crippen LogP contribution in [0.1, 0.15) is 6.92 Å². The van der Waals surface area contributed by atoms with Crippen LogP contribution in [0.2, 0.25) is 0 Å². The second kappa shape index (κ2) is 8.67. The first-order chi connectivity index (χ1) is 7.11. The molecule has 0 aromatic rings. The van der Waals surface area contributed by atoms with E-state index in [4.69, 9.17) is 9.47 Å². The van der Waals surface area contributed by atoms with E-state index in [0.29, 0.717) is 11.5 Å². The van der Waals surface area contributed by atoms with Crippen molar-refractivity contribution >= 4 is 37.2 Å².